The van der Waals surface area contributed by atoms with Crippen LogP contribution in [-0.2, 0) is 11.2 Å². The average Bonchev–Trinajstić information content (AvgIpc) is 2.65. The van der Waals surface area contributed by atoms with Crippen molar-refractivity contribution in [1.29, 1.82) is 0 Å². The van der Waals surface area contributed by atoms with Crippen LogP contribution in [0.25, 0.3) is 0 Å². The molecule has 138 valence electrons. The molecule has 2 aromatic carbocycles. The number of benzene rings is 2. The van der Waals surface area contributed by atoms with Crippen LogP contribution in [-0.4, -0.2) is 30.1 Å². The van der Waals surface area contributed by atoms with Crippen LogP contribution in [0.1, 0.15) is 25.3 Å². The van der Waals surface area contributed by atoms with E-state index in [0.29, 0.717) is 19.3 Å². The molecule has 1 amide bonds. The van der Waals surface area contributed by atoms with Crippen LogP contribution in [0.15, 0.2) is 54.6 Å². The average molecular weight is 356 g/mol. The molecule has 2 atom stereocenters. The van der Waals surface area contributed by atoms with E-state index in [9.17, 15) is 9.18 Å². The molecule has 0 radical (unpaired) electrons. The van der Waals surface area contributed by atoms with Gasteiger partial charge in [0.2, 0.25) is 5.91 Å². The van der Waals surface area contributed by atoms with E-state index in [2.05, 4.69) is 11.8 Å². The molecule has 1 saturated heterocycles. The van der Waals surface area contributed by atoms with Crippen LogP contribution in [0.2, 0.25) is 0 Å². The molecule has 0 aromatic heterocycles. The zero-order valence-corrected chi connectivity index (χ0v) is 15.0. The number of rotatable bonds is 6. The van der Waals surface area contributed by atoms with Gasteiger partial charge < -0.3 is 10.5 Å². The minimum absolute atomic E-state index is 0.218. The van der Waals surface area contributed by atoms with E-state index in [-0.39, 0.29) is 18.0 Å². The van der Waals surface area contributed by atoms with Crippen LogP contribution >= 0.6 is 0 Å². The first-order chi connectivity index (χ1) is 12.5. The maximum Gasteiger partial charge on any atom is 0.224 e. The van der Waals surface area contributed by atoms with E-state index >= 15 is 0 Å². The molecule has 1 fully saturated rings. The van der Waals surface area contributed by atoms with Crippen molar-refractivity contribution >= 4 is 5.91 Å². The SMILES string of the molecule is CCN1CCC(Cc2ccc(F)cc2)(C(N)=O)CC1Oc1ccccc1. The predicted molar refractivity (Wildman–Crippen MR) is 99.1 cm³/mol. The van der Waals surface area contributed by atoms with E-state index in [1.54, 1.807) is 12.1 Å². The van der Waals surface area contributed by atoms with E-state index in [0.717, 1.165) is 24.4 Å². The lowest BCUT2D eigenvalue weighted by Crippen LogP contribution is -2.54. The number of carbonyl (C=O) groups excluding carboxylic acids is 1. The lowest BCUT2D eigenvalue weighted by Gasteiger charge is -2.44. The summed E-state index contributed by atoms with van der Waals surface area (Å²) in [6.45, 7) is 3.65. The second-order valence-electron chi connectivity index (χ2n) is 6.92. The Morgan fingerprint density at radius 2 is 1.92 bits per heavy atom. The molecule has 26 heavy (non-hydrogen) atoms. The van der Waals surface area contributed by atoms with Crippen molar-refractivity contribution in [2.45, 2.75) is 32.4 Å². The van der Waals surface area contributed by atoms with Gasteiger partial charge in [0, 0.05) is 13.0 Å². The van der Waals surface area contributed by atoms with E-state index < -0.39 is 5.41 Å². The Balaban J connectivity index is 1.83. The molecule has 1 aliphatic rings. The first-order valence-electron chi connectivity index (χ1n) is 9.02. The molecule has 0 saturated carbocycles. The smallest absolute Gasteiger partial charge is 0.224 e. The highest BCUT2D eigenvalue weighted by atomic mass is 19.1. The number of primary amides is 1. The molecule has 3 rings (SSSR count). The van der Waals surface area contributed by atoms with Crippen LogP contribution < -0.4 is 10.5 Å². The van der Waals surface area contributed by atoms with Gasteiger partial charge in [-0.2, -0.15) is 0 Å². The van der Waals surface area contributed by atoms with Gasteiger partial charge in [0.25, 0.3) is 0 Å². The van der Waals surface area contributed by atoms with Gasteiger partial charge in [0.05, 0.1) is 5.41 Å². The molecule has 1 aliphatic heterocycles. The van der Waals surface area contributed by atoms with Gasteiger partial charge in [0.1, 0.15) is 11.6 Å². The number of para-hydroxylation sites is 1. The highest BCUT2D eigenvalue weighted by Gasteiger charge is 2.44. The summed E-state index contributed by atoms with van der Waals surface area (Å²) in [4.78, 5) is 14.6. The van der Waals surface area contributed by atoms with Crippen molar-refractivity contribution < 1.29 is 13.9 Å². The molecule has 0 spiro atoms. The summed E-state index contributed by atoms with van der Waals surface area (Å²) >= 11 is 0. The first-order valence-corrected chi connectivity index (χ1v) is 9.02. The van der Waals surface area contributed by atoms with E-state index in [1.807, 2.05) is 30.3 Å². The normalized spacial score (nSPS) is 23.5. The number of likely N-dealkylation sites (tertiary alicyclic amines) is 1. The fourth-order valence-corrected chi connectivity index (χ4v) is 3.67. The Hall–Kier alpha value is -2.40. The summed E-state index contributed by atoms with van der Waals surface area (Å²) in [6, 6.07) is 15.9. The summed E-state index contributed by atoms with van der Waals surface area (Å²) in [7, 11) is 0. The Morgan fingerprint density at radius 3 is 2.54 bits per heavy atom. The maximum absolute atomic E-state index is 13.2. The predicted octanol–water partition coefficient (Wildman–Crippen LogP) is 3.36. The van der Waals surface area contributed by atoms with Gasteiger partial charge in [0.15, 0.2) is 6.23 Å². The van der Waals surface area contributed by atoms with Crippen LogP contribution in [0.4, 0.5) is 4.39 Å². The fraction of sp³-hybridized carbons (Fsp3) is 0.381. The molecular weight excluding hydrogens is 331 g/mol. The molecule has 4 nitrogen and oxygen atoms in total. The lowest BCUT2D eigenvalue weighted by molar-refractivity contribution is -0.137. The van der Waals surface area contributed by atoms with E-state index in [1.165, 1.54) is 12.1 Å². The number of ether oxygens (including phenoxy) is 1. The highest BCUT2D eigenvalue weighted by Crippen LogP contribution is 2.38. The fourth-order valence-electron chi connectivity index (χ4n) is 3.67. The third-order valence-corrected chi connectivity index (χ3v) is 5.25. The number of carbonyl (C=O) groups is 1. The molecule has 2 unspecified atom stereocenters. The van der Waals surface area contributed by atoms with Crippen molar-refractivity contribution in [2.75, 3.05) is 13.1 Å². The Kier molecular flexibility index (Phi) is 5.57. The van der Waals surface area contributed by atoms with Gasteiger partial charge in [-0.15, -0.1) is 0 Å². The zero-order chi connectivity index (χ0) is 18.6. The summed E-state index contributed by atoms with van der Waals surface area (Å²) in [5, 5.41) is 0. The number of piperidine rings is 1. The highest BCUT2D eigenvalue weighted by molar-refractivity contribution is 5.81. The third kappa shape index (κ3) is 4.05. The van der Waals surface area contributed by atoms with Crippen LogP contribution in [0, 0.1) is 11.2 Å². The second kappa shape index (κ2) is 7.87. The van der Waals surface area contributed by atoms with E-state index in [4.69, 9.17) is 10.5 Å². The summed E-state index contributed by atoms with van der Waals surface area (Å²) in [5.41, 5.74) is 6.05. The first kappa shape index (κ1) is 18.4. The lowest BCUT2D eigenvalue weighted by atomic mass is 9.72. The van der Waals surface area contributed by atoms with Gasteiger partial charge in [-0.25, -0.2) is 4.39 Å². The van der Waals surface area contributed by atoms with Gasteiger partial charge in [-0.1, -0.05) is 37.3 Å². The molecule has 1 heterocycles. The monoisotopic (exact) mass is 356 g/mol. The summed E-state index contributed by atoms with van der Waals surface area (Å²) < 4.78 is 19.4. The number of halogens is 1. The quantitative estimate of drug-likeness (QED) is 0.863. The number of hydrogen-bond acceptors (Lipinski definition) is 3. The maximum atomic E-state index is 13.2. The number of nitrogens with two attached hydrogens (primary N) is 1. The van der Waals surface area contributed by atoms with Crippen molar-refractivity contribution in [3.05, 3.63) is 66.0 Å². The topological polar surface area (TPSA) is 55.6 Å². The Bertz CT molecular complexity index is 735. The molecular formula is C21H25FN2O2. The molecule has 0 bridgehead atoms. The Labute approximate surface area is 153 Å². The minimum Gasteiger partial charge on any atom is -0.475 e. The van der Waals surface area contributed by atoms with Gasteiger partial charge in [-0.3, -0.25) is 9.69 Å². The number of hydrogen-bond donors (Lipinski definition) is 1. The molecule has 2 aromatic rings. The molecule has 5 heteroatoms. The van der Waals surface area contributed by atoms with Crippen molar-refractivity contribution in [2.24, 2.45) is 11.1 Å². The largest absolute Gasteiger partial charge is 0.475 e. The number of nitrogens with zero attached hydrogens (tertiary/aromatic N) is 1. The van der Waals surface area contributed by atoms with Gasteiger partial charge >= 0.3 is 0 Å². The summed E-state index contributed by atoms with van der Waals surface area (Å²) in [6.07, 6.45) is 1.46. The molecule has 2 N–H and O–H groups in total. The van der Waals surface area contributed by atoms with Crippen molar-refractivity contribution in [3.63, 3.8) is 0 Å². The third-order valence-electron chi connectivity index (χ3n) is 5.25. The minimum atomic E-state index is -0.692. The standard InChI is InChI=1S/C21H25FN2O2/c1-2-24-13-12-21(20(23)25,14-16-8-10-17(22)11-9-16)15-19(24)26-18-6-4-3-5-7-18/h3-11,19H,2,12-15H2,1H3,(H2,23,25). The van der Waals surface area contributed by atoms with Crippen molar-refractivity contribution in [3.8, 4) is 5.75 Å². The Morgan fingerprint density at radius 1 is 1.23 bits per heavy atom. The second-order valence-corrected chi connectivity index (χ2v) is 6.92. The molecule has 0 aliphatic carbocycles. The van der Waals surface area contributed by atoms with Crippen molar-refractivity contribution in [1.82, 2.24) is 4.90 Å². The number of amides is 1. The van der Waals surface area contributed by atoms with Crippen LogP contribution in [0.5, 0.6) is 5.75 Å². The van der Waals surface area contributed by atoms with Gasteiger partial charge in [-0.05, 0) is 49.2 Å². The van der Waals surface area contributed by atoms with Crippen LogP contribution in [0.3, 0.4) is 0 Å². The summed E-state index contributed by atoms with van der Waals surface area (Å²) in [5.74, 6) is 0.171. The zero-order valence-electron chi connectivity index (χ0n) is 15.0.